The fraction of sp³-hybridized carbons (Fsp3) is 0.0417. The summed E-state index contributed by atoms with van der Waals surface area (Å²) in [5.41, 5.74) is 7.77. The van der Waals surface area contributed by atoms with Gasteiger partial charge in [0.2, 0.25) is 0 Å². The monoisotopic (exact) mass is 608 g/mol. The summed E-state index contributed by atoms with van der Waals surface area (Å²) >= 11 is 0. The number of aryl methyl sites for hydroxylation is 2. The zero-order valence-electron chi connectivity index (χ0n) is 27.0. The van der Waals surface area contributed by atoms with Crippen LogP contribution in [0.1, 0.15) is 11.1 Å². The van der Waals surface area contributed by atoms with Crippen LogP contribution in [0, 0.1) is 13.8 Å². The molecular weight excluding hydrogens is 577 g/mol. The van der Waals surface area contributed by atoms with Gasteiger partial charge in [0.1, 0.15) is 0 Å². The van der Waals surface area contributed by atoms with Crippen molar-refractivity contribution in [2.24, 2.45) is 0 Å². The quantitative estimate of drug-likeness (QED) is 0.135. The lowest BCUT2D eigenvalue weighted by Crippen LogP contribution is -1.90. The van der Waals surface area contributed by atoms with Gasteiger partial charge in [0.15, 0.2) is 0 Å². The van der Waals surface area contributed by atoms with Crippen LogP contribution in [0.3, 0.4) is 0 Å². The van der Waals surface area contributed by atoms with Crippen LogP contribution in [0.2, 0.25) is 0 Å². The molecule has 0 unspecified atom stereocenters. The Kier molecular flexibility index (Phi) is 5.81. The fourth-order valence-electron chi connectivity index (χ4n) is 8.50. The van der Waals surface area contributed by atoms with Crippen LogP contribution < -0.4 is 0 Å². The van der Waals surface area contributed by atoms with E-state index >= 15 is 0 Å². The molecule has 0 aliphatic rings. The van der Waals surface area contributed by atoms with Crippen molar-refractivity contribution in [1.29, 1.82) is 0 Å². The summed E-state index contributed by atoms with van der Waals surface area (Å²) in [5, 5.41) is 18.3. The highest BCUT2D eigenvalue weighted by atomic mass is 14.2. The molecule has 48 heavy (non-hydrogen) atoms. The molecule has 10 aromatic rings. The minimum atomic E-state index is 1.27. The third kappa shape index (κ3) is 3.84. The minimum absolute atomic E-state index is 1.27. The van der Waals surface area contributed by atoms with Crippen LogP contribution in [0.4, 0.5) is 0 Å². The molecule has 0 spiro atoms. The molecule has 0 nitrogen and oxygen atoms in total. The summed E-state index contributed by atoms with van der Waals surface area (Å²) in [5.74, 6) is 0. The van der Waals surface area contributed by atoms with Gasteiger partial charge < -0.3 is 0 Å². The largest absolute Gasteiger partial charge is 0.0616 e. The van der Waals surface area contributed by atoms with Gasteiger partial charge in [-0.1, -0.05) is 146 Å². The van der Waals surface area contributed by atoms with E-state index < -0.39 is 0 Å². The Hall–Kier alpha value is -5.98. The van der Waals surface area contributed by atoms with E-state index in [4.69, 9.17) is 0 Å². The van der Waals surface area contributed by atoms with Gasteiger partial charge in [-0.2, -0.15) is 0 Å². The Morgan fingerprint density at radius 1 is 0.229 bits per heavy atom. The standard InChI is InChI=1S/C48H32/c1-29-33-13-5-3-11-31(33)27-47-35(29)21-23-45-39(17-9-19-41(45)47)43-25-26-44(38-16-8-7-15-37(38)43)40-18-10-20-42-46(40)24-22-36-30(2)34-14-6-4-12-32(34)28-48(36)42/h3-28H,1-2H3. The second-order valence-corrected chi connectivity index (χ2v) is 13.3. The maximum absolute atomic E-state index is 2.37. The van der Waals surface area contributed by atoms with Crippen molar-refractivity contribution in [2.75, 3.05) is 0 Å². The maximum Gasteiger partial charge on any atom is -0.00961 e. The van der Waals surface area contributed by atoms with Crippen molar-refractivity contribution < 1.29 is 0 Å². The second kappa shape index (κ2) is 10.3. The van der Waals surface area contributed by atoms with Gasteiger partial charge in [-0.3, -0.25) is 0 Å². The van der Waals surface area contributed by atoms with Gasteiger partial charge in [0.25, 0.3) is 0 Å². The van der Waals surface area contributed by atoms with Crippen LogP contribution in [-0.2, 0) is 0 Å². The third-order valence-electron chi connectivity index (χ3n) is 10.8. The first kappa shape index (κ1) is 27.2. The summed E-state index contributed by atoms with van der Waals surface area (Å²) in [4.78, 5) is 0. The topological polar surface area (TPSA) is 0 Å². The van der Waals surface area contributed by atoms with Crippen LogP contribution in [0.15, 0.2) is 158 Å². The van der Waals surface area contributed by atoms with E-state index in [1.807, 2.05) is 0 Å². The smallest absolute Gasteiger partial charge is 0.00961 e. The number of fused-ring (bicyclic) bond motifs is 9. The van der Waals surface area contributed by atoms with E-state index in [9.17, 15) is 0 Å². The van der Waals surface area contributed by atoms with Crippen LogP contribution in [-0.4, -0.2) is 0 Å². The lowest BCUT2D eigenvalue weighted by molar-refractivity contribution is 1.59. The molecule has 224 valence electrons. The number of rotatable bonds is 2. The Labute approximate surface area is 279 Å². The Bertz CT molecular complexity index is 2760. The van der Waals surface area contributed by atoms with E-state index in [0.717, 1.165) is 0 Å². The summed E-state index contributed by atoms with van der Waals surface area (Å²) in [7, 11) is 0. The highest BCUT2D eigenvalue weighted by Crippen LogP contribution is 2.43. The molecule has 10 rings (SSSR count). The van der Waals surface area contributed by atoms with Crippen molar-refractivity contribution in [3.8, 4) is 22.3 Å². The van der Waals surface area contributed by atoms with Crippen LogP contribution in [0.25, 0.3) is 97.7 Å². The third-order valence-corrected chi connectivity index (χ3v) is 10.8. The Balaban J connectivity index is 1.21. The van der Waals surface area contributed by atoms with Gasteiger partial charge in [0, 0.05) is 0 Å². The Morgan fingerprint density at radius 2 is 0.562 bits per heavy atom. The average molecular weight is 609 g/mol. The van der Waals surface area contributed by atoms with Crippen molar-refractivity contribution in [3.63, 3.8) is 0 Å². The number of benzene rings is 10. The Morgan fingerprint density at radius 3 is 1.02 bits per heavy atom. The molecule has 0 heteroatoms. The second-order valence-electron chi connectivity index (χ2n) is 13.3. The molecule has 0 aliphatic carbocycles. The van der Waals surface area contributed by atoms with E-state index in [1.165, 1.54) is 109 Å². The predicted molar refractivity (Wildman–Crippen MR) is 209 cm³/mol. The molecule has 0 fully saturated rings. The summed E-state index contributed by atoms with van der Waals surface area (Å²) < 4.78 is 0. The molecule has 10 aromatic carbocycles. The summed E-state index contributed by atoms with van der Waals surface area (Å²) in [6.45, 7) is 4.51. The van der Waals surface area contributed by atoms with Crippen molar-refractivity contribution in [2.45, 2.75) is 13.8 Å². The van der Waals surface area contributed by atoms with E-state index in [2.05, 4.69) is 172 Å². The average Bonchev–Trinajstić information content (AvgIpc) is 3.14. The molecule has 0 amide bonds. The van der Waals surface area contributed by atoms with Crippen molar-refractivity contribution >= 4 is 75.4 Å². The normalized spacial score (nSPS) is 12.0. The summed E-state index contributed by atoms with van der Waals surface area (Å²) in [6.07, 6.45) is 0. The SMILES string of the molecule is Cc1c2ccccc2cc2c1ccc1c(-c3ccc(-c4cccc5c4ccc4c(C)c6ccccc6cc45)c4ccccc34)cccc12. The molecular formula is C48H32. The van der Waals surface area contributed by atoms with Crippen LogP contribution >= 0.6 is 0 Å². The first-order chi connectivity index (χ1) is 23.7. The molecule has 0 heterocycles. The predicted octanol–water partition coefficient (Wildman–Crippen LogP) is 13.7. The molecule has 0 saturated heterocycles. The van der Waals surface area contributed by atoms with Gasteiger partial charge in [-0.15, -0.1) is 0 Å². The number of hydrogen-bond donors (Lipinski definition) is 0. The lowest BCUT2D eigenvalue weighted by Gasteiger charge is -2.17. The van der Waals surface area contributed by atoms with Crippen molar-refractivity contribution in [1.82, 2.24) is 0 Å². The van der Waals surface area contributed by atoms with Crippen LogP contribution in [0.5, 0.6) is 0 Å². The number of hydrogen-bond acceptors (Lipinski definition) is 0. The molecule has 0 aliphatic heterocycles. The summed E-state index contributed by atoms with van der Waals surface area (Å²) in [6, 6.07) is 58.8. The molecule has 0 N–H and O–H groups in total. The molecule has 0 bridgehead atoms. The fourth-order valence-corrected chi connectivity index (χ4v) is 8.50. The maximum atomic E-state index is 2.37. The van der Waals surface area contributed by atoms with E-state index in [-0.39, 0.29) is 0 Å². The lowest BCUT2D eigenvalue weighted by atomic mass is 9.86. The molecule has 0 radical (unpaired) electrons. The van der Waals surface area contributed by atoms with E-state index in [1.54, 1.807) is 0 Å². The minimum Gasteiger partial charge on any atom is -0.0616 e. The van der Waals surface area contributed by atoms with Gasteiger partial charge in [-0.05, 0) is 135 Å². The van der Waals surface area contributed by atoms with E-state index in [0.29, 0.717) is 0 Å². The molecule has 0 saturated carbocycles. The molecule has 0 atom stereocenters. The zero-order valence-corrected chi connectivity index (χ0v) is 27.0. The first-order valence-corrected chi connectivity index (χ1v) is 16.9. The highest BCUT2D eigenvalue weighted by Gasteiger charge is 2.16. The molecule has 0 aromatic heterocycles. The highest BCUT2D eigenvalue weighted by molar-refractivity contribution is 6.21. The van der Waals surface area contributed by atoms with Gasteiger partial charge in [-0.25, -0.2) is 0 Å². The van der Waals surface area contributed by atoms with Crippen molar-refractivity contribution in [3.05, 3.63) is 169 Å². The first-order valence-electron chi connectivity index (χ1n) is 16.9. The van der Waals surface area contributed by atoms with Gasteiger partial charge in [0.05, 0.1) is 0 Å². The zero-order chi connectivity index (χ0) is 31.9. The van der Waals surface area contributed by atoms with Gasteiger partial charge >= 0.3 is 0 Å².